The molecule has 0 atom stereocenters. The number of carbonyl (C=O) groups excluding carboxylic acids is 3. The molecule has 3 rings (SSSR count). The van der Waals surface area contributed by atoms with Crippen molar-refractivity contribution in [3.63, 3.8) is 0 Å². The van der Waals surface area contributed by atoms with Crippen LogP contribution in [0, 0.1) is 0 Å². The summed E-state index contributed by atoms with van der Waals surface area (Å²) in [7, 11) is 0. The van der Waals surface area contributed by atoms with Gasteiger partial charge in [-0.1, -0.05) is 42.5 Å². The van der Waals surface area contributed by atoms with Crippen molar-refractivity contribution >= 4 is 17.9 Å². The van der Waals surface area contributed by atoms with Crippen LogP contribution in [0.2, 0.25) is 0 Å². The van der Waals surface area contributed by atoms with Gasteiger partial charge in [-0.2, -0.15) is 0 Å². The van der Waals surface area contributed by atoms with Crippen molar-refractivity contribution in [1.29, 1.82) is 0 Å². The quantitative estimate of drug-likeness (QED) is 0.878. The number of nitrogens with zero attached hydrogens (tertiary/aromatic N) is 1. The Bertz CT molecular complexity index is 723. The number of carbonyl (C=O) groups is 3. The van der Waals surface area contributed by atoms with Crippen LogP contribution in [0.25, 0.3) is 0 Å². The number of hydrogen-bond donors (Lipinski definition) is 1. The molecule has 6 heteroatoms. The minimum atomic E-state index is -0.689. The topological polar surface area (TPSA) is 75.7 Å². The van der Waals surface area contributed by atoms with E-state index in [-0.39, 0.29) is 13.3 Å². The molecule has 1 N–H and O–H groups in total. The van der Waals surface area contributed by atoms with E-state index in [4.69, 9.17) is 4.74 Å². The fraction of sp³-hybridized carbons (Fsp3) is 0.118. The zero-order chi connectivity index (χ0) is 16.2. The van der Waals surface area contributed by atoms with Gasteiger partial charge in [0, 0.05) is 0 Å². The van der Waals surface area contributed by atoms with Crippen LogP contribution in [0.15, 0.2) is 54.6 Å². The number of hydrogen-bond acceptors (Lipinski definition) is 4. The summed E-state index contributed by atoms with van der Waals surface area (Å²) >= 11 is 0. The minimum Gasteiger partial charge on any atom is -0.445 e. The van der Waals surface area contributed by atoms with E-state index in [2.05, 4.69) is 5.32 Å². The first-order chi connectivity index (χ1) is 11.2. The fourth-order valence-electron chi connectivity index (χ4n) is 2.30. The lowest BCUT2D eigenvalue weighted by molar-refractivity contribution is 0.0636. The summed E-state index contributed by atoms with van der Waals surface area (Å²) in [6.45, 7) is -0.102. The maximum Gasteiger partial charge on any atom is 0.408 e. The summed E-state index contributed by atoms with van der Waals surface area (Å²) < 4.78 is 5.04. The highest BCUT2D eigenvalue weighted by atomic mass is 16.5. The van der Waals surface area contributed by atoms with Gasteiger partial charge in [-0.05, 0) is 17.7 Å². The van der Waals surface area contributed by atoms with Crippen molar-refractivity contribution in [2.24, 2.45) is 0 Å². The van der Waals surface area contributed by atoms with Crippen LogP contribution in [-0.2, 0) is 11.3 Å². The van der Waals surface area contributed by atoms with Crippen LogP contribution < -0.4 is 5.32 Å². The summed E-state index contributed by atoms with van der Waals surface area (Å²) in [5.41, 5.74) is 1.54. The highest BCUT2D eigenvalue weighted by Crippen LogP contribution is 2.21. The molecule has 1 aliphatic heterocycles. The molecule has 1 aliphatic rings. The second-order valence-electron chi connectivity index (χ2n) is 4.98. The van der Waals surface area contributed by atoms with Gasteiger partial charge >= 0.3 is 6.09 Å². The van der Waals surface area contributed by atoms with E-state index in [0.717, 1.165) is 10.5 Å². The van der Waals surface area contributed by atoms with Crippen molar-refractivity contribution < 1.29 is 19.1 Å². The predicted molar refractivity (Wildman–Crippen MR) is 81.6 cm³/mol. The first-order valence-electron chi connectivity index (χ1n) is 7.06. The number of fused-ring (bicyclic) bond motifs is 1. The van der Waals surface area contributed by atoms with Gasteiger partial charge in [0.2, 0.25) is 0 Å². The van der Waals surface area contributed by atoms with Gasteiger partial charge in [0.1, 0.15) is 13.3 Å². The molecular weight excluding hydrogens is 296 g/mol. The molecule has 0 saturated carbocycles. The Morgan fingerprint density at radius 3 is 2.09 bits per heavy atom. The van der Waals surface area contributed by atoms with E-state index in [0.29, 0.717) is 11.1 Å². The Kier molecular flexibility index (Phi) is 4.05. The normalized spacial score (nSPS) is 13.0. The number of alkyl carbamates (subject to hydrolysis) is 1. The van der Waals surface area contributed by atoms with Crippen LogP contribution in [-0.4, -0.2) is 29.5 Å². The van der Waals surface area contributed by atoms with E-state index in [1.165, 1.54) is 0 Å². The molecular formula is C17H14N2O4. The monoisotopic (exact) mass is 310 g/mol. The van der Waals surface area contributed by atoms with Gasteiger partial charge in [-0.15, -0.1) is 0 Å². The lowest BCUT2D eigenvalue weighted by atomic mass is 10.1. The fourth-order valence-corrected chi connectivity index (χ4v) is 2.30. The highest BCUT2D eigenvalue weighted by molar-refractivity contribution is 6.21. The third-order valence-electron chi connectivity index (χ3n) is 3.47. The Morgan fingerprint density at radius 1 is 0.913 bits per heavy atom. The van der Waals surface area contributed by atoms with Crippen LogP contribution in [0.3, 0.4) is 0 Å². The molecule has 0 radical (unpaired) electrons. The molecule has 0 aromatic heterocycles. The van der Waals surface area contributed by atoms with E-state index in [9.17, 15) is 14.4 Å². The van der Waals surface area contributed by atoms with E-state index < -0.39 is 17.9 Å². The van der Waals surface area contributed by atoms with Crippen molar-refractivity contribution in [3.8, 4) is 0 Å². The third kappa shape index (κ3) is 3.06. The number of nitrogens with one attached hydrogen (secondary N) is 1. The third-order valence-corrected chi connectivity index (χ3v) is 3.47. The largest absolute Gasteiger partial charge is 0.445 e. The number of rotatable bonds is 4. The van der Waals surface area contributed by atoms with Crippen LogP contribution in [0.1, 0.15) is 26.3 Å². The van der Waals surface area contributed by atoms with Crippen molar-refractivity contribution in [3.05, 3.63) is 71.3 Å². The van der Waals surface area contributed by atoms with Gasteiger partial charge in [0.25, 0.3) is 11.8 Å². The molecule has 2 aromatic rings. The van der Waals surface area contributed by atoms with Gasteiger partial charge in [0.05, 0.1) is 11.1 Å². The predicted octanol–water partition coefficient (Wildman–Crippen LogP) is 2.17. The van der Waals surface area contributed by atoms with Crippen molar-refractivity contribution in [2.75, 3.05) is 6.67 Å². The lowest BCUT2D eigenvalue weighted by Crippen LogP contribution is -2.41. The zero-order valence-corrected chi connectivity index (χ0v) is 12.2. The first-order valence-corrected chi connectivity index (χ1v) is 7.06. The average Bonchev–Trinajstić information content (AvgIpc) is 2.83. The maximum atomic E-state index is 12.1. The molecule has 1 heterocycles. The molecule has 0 fully saturated rings. The first kappa shape index (κ1) is 14.8. The standard InChI is InChI=1S/C17H14N2O4/c20-15-13-8-4-5-9-14(13)16(21)19(15)11-18-17(22)23-10-12-6-2-1-3-7-12/h1-9H,10-11H2,(H,18,22). The average molecular weight is 310 g/mol. The SMILES string of the molecule is O=C(NCN1C(=O)c2ccccc2C1=O)OCc1ccccc1. The highest BCUT2D eigenvalue weighted by Gasteiger charge is 2.35. The lowest BCUT2D eigenvalue weighted by Gasteiger charge is -2.14. The van der Waals surface area contributed by atoms with Crippen LogP contribution >= 0.6 is 0 Å². The molecule has 0 aliphatic carbocycles. The van der Waals surface area contributed by atoms with E-state index in [1.807, 2.05) is 30.3 Å². The maximum absolute atomic E-state index is 12.1. The summed E-state index contributed by atoms with van der Waals surface area (Å²) in [4.78, 5) is 36.9. The summed E-state index contributed by atoms with van der Waals surface area (Å²) in [6.07, 6.45) is -0.689. The van der Waals surface area contributed by atoms with Gasteiger partial charge in [-0.25, -0.2) is 4.79 Å². The van der Waals surface area contributed by atoms with E-state index in [1.54, 1.807) is 24.3 Å². The molecule has 0 saturated heterocycles. The summed E-state index contributed by atoms with van der Waals surface area (Å²) in [5.74, 6) is -0.845. The van der Waals surface area contributed by atoms with Crippen molar-refractivity contribution in [1.82, 2.24) is 10.2 Å². The molecule has 0 bridgehead atoms. The Balaban J connectivity index is 1.54. The molecule has 6 nitrogen and oxygen atoms in total. The molecule has 3 amide bonds. The number of ether oxygens (including phenoxy) is 1. The zero-order valence-electron chi connectivity index (χ0n) is 12.2. The molecule has 0 spiro atoms. The van der Waals surface area contributed by atoms with Gasteiger partial charge in [-0.3, -0.25) is 14.5 Å². The second kappa shape index (κ2) is 6.31. The van der Waals surface area contributed by atoms with Crippen LogP contribution in [0.4, 0.5) is 4.79 Å². The molecule has 2 aromatic carbocycles. The number of imide groups is 1. The summed E-state index contributed by atoms with van der Waals surface area (Å²) in [5, 5.41) is 2.41. The number of benzene rings is 2. The molecule has 0 unspecified atom stereocenters. The van der Waals surface area contributed by atoms with Gasteiger partial charge < -0.3 is 10.1 Å². The Morgan fingerprint density at radius 2 is 1.48 bits per heavy atom. The minimum absolute atomic E-state index is 0.120. The molecule has 116 valence electrons. The molecule has 23 heavy (non-hydrogen) atoms. The van der Waals surface area contributed by atoms with Gasteiger partial charge in [0.15, 0.2) is 0 Å². The van der Waals surface area contributed by atoms with Crippen molar-refractivity contribution in [2.45, 2.75) is 6.61 Å². The number of amides is 3. The Labute approximate surface area is 132 Å². The Hall–Kier alpha value is -3.15. The van der Waals surface area contributed by atoms with Crippen LogP contribution in [0.5, 0.6) is 0 Å². The smallest absolute Gasteiger partial charge is 0.408 e. The summed E-state index contributed by atoms with van der Waals surface area (Å²) in [6, 6.07) is 15.8. The second-order valence-corrected chi connectivity index (χ2v) is 4.98. The van der Waals surface area contributed by atoms with E-state index >= 15 is 0 Å².